The van der Waals surface area contributed by atoms with Gasteiger partial charge in [0.05, 0.1) is 5.69 Å². The summed E-state index contributed by atoms with van der Waals surface area (Å²) in [5.41, 5.74) is 3.36. The molecule has 4 nitrogen and oxygen atoms in total. The molecule has 0 bridgehead atoms. The quantitative estimate of drug-likeness (QED) is 0.674. The van der Waals surface area contributed by atoms with Crippen molar-refractivity contribution in [2.75, 3.05) is 18.0 Å². The number of anilines is 1. The first kappa shape index (κ1) is 15.4. The van der Waals surface area contributed by atoms with Crippen molar-refractivity contribution >= 4 is 22.5 Å². The lowest BCUT2D eigenvalue weighted by Gasteiger charge is -2.28. The lowest BCUT2D eigenvalue weighted by atomic mass is 10.1. The van der Waals surface area contributed by atoms with E-state index in [0.29, 0.717) is 0 Å². The van der Waals surface area contributed by atoms with Gasteiger partial charge in [0.15, 0.2) is 0 Å². The lowest BCUT2D eigenvalue weighted by Crippen LogP contribution is -2.32. The molecule has 4 heteroatoms. The third kappa shape index (κ3) is 2.22. The number of hydrogen-bond donors (Lipinski definition) is 0. The summed E-state index contributed by atoms with van der Waals surface area (Å²) in [4.78, 5) is 15.3. The fourth-order valence-corrected chi connectivity index (χ4v) is 4.17. The van der Waals surface area contributed by atoms with Crippen LogP contribution >= 0.6 is 0 Å². The summed E-state index contributed by atoms with van der Waals surface area (Å²) < 4.78 is 0. The maximum absolute atomic E-state index is 13.3. The molecule has 26 heavy (non-hydrogen) atoms. The van der Waals surface area contributed by atoms with Crippen LogP contribution in [-0.2, 0) is 0 Å². The van der Waals surface area contributed by atoms with Gasteiger partial charge < -0.3 is 0 Å². The average Bonchev–Trinajstić information content (AvgIpc) is 3.24. The van der Waals surface area contributed by atoms with Gasteiger partial charge in [-0.3, -0.25) is 9.91 Å². The number of urea groups is 1. The zero-order valence-corrected chi connectivity index (χ0v) is 14.8. The molecule has 2 saturated heterocycles. The normalized spacial score (nSPS) is 20.2. The molecule has 130 valence electrons. The van der Waals surface area contributed by atoms with Crippen LogP contribution in [0.1, 0.15) is 23.7 Å². The van der Waals surface area contributed by atoms with Gasteiger partial charge >= 0.3 is 6.03 Å². The topological polar surface area (TPSA) is 26.8 Å². The summed E-state index contributed by atoms with van der Waals surface area (Å²) in [6.07, 6.45) is 0.939. The van der Waals surface area contributed by atoms with Gasteiger partial charge in [-0.2, -0.15) is 5.01 Å². The number of hydrogen-bond acceptors (Lipinski definition) is 2. The summed E-state index contributed by atoms with van der Waals surface area (Å²) in [6.45, 7) is 3.79. The fourth-order valence-electron chi connectivity index (χ4n) is 4.17. The Hall–Kier alpha value is -2.85. The number of aryl methyl sites for hydroxylation is 1. The van der Waals surface area contributed by atoms with Crippen LogP contribution < -0.4 is 4.90 Å². The van der Waals surface area contributed by atoms with Gasteiger partial charge in [0.2, 0.25) is 0 Å². The van der Waals surface area contributed by atoms with Gasteiger partial charge in [0, 0.05) is 18.5 Å². The molecule has 1 unspecified atom stereocenters. The van der Waals surface area contributed by atoms with Gasteiger partial charge in [-0.05, 0) is 30.4 Å². The van der Waals surface area contributed by atoms with E-state index in [4.69, 9.17) is 0 Å². The van der Waals surface area contributed by atoms with Crippen LogP contribution in [0.5, 0.6) is 0 Å². The Balaban J connectivity index is 1.69. The standard InChI is InChI=1S/C22H21N3O/c1-16-10-12-18(13-11-16)21-23-14-5-15-24(23)22(26)25(21)20-9-4-7-17-6-2-3-8-19(17)20/h2-4,6-13,21H,5,14-15H2,1H3. The molecule has 5 rings (SSSR count). The number of benzene rings is 3. The van der Waals surface area contributed by atoms with Crippen molar-refractivity contribution in [3.8, 4) is 0 Å². The Bertz CT molecular complexity index is 977. The van der Waals surface area contributed by atoms with E-state index in [1.807, 2.05) is 28.1 Å². The van der Waals surface area contributed by atoms with E-state index in [9.17, 15) is 4.79 Å². The van der Waals surface area contributed by atoms with Crippen molar-refractivity contribution in [2.24, 2.45) is 0 Å². The van der Waals surface area contributed by atoms with Crippen LogP contribution in [0.4, 0.5) is 10.5 Å². The van der Waals surface area contributed by atoms with Crippen LogP contribution in [0.2, 0.25) is 0 Å². The zero-order chi connectivity index (χ0) is 17.7. The number of fused-ring (bicyclic) bond motifs is 2. The molecule has 1 atom stereocenters. The number of amides is 2. The van der Waals surface area contributed by atoms with Gasteiger partial charge in [-0.25, -0.2) is 4.79 Å². The first-order valence-corrected chi connectivity index (χ1v) is 9.16. The molecule has 0 saturated carbocycles. The van der Waals surface area contributed by atoms with E-state index in [1.54, 1.807) is 0 Å². The van der Waals surface area contributed by atoms with Crippen LogP contribution in [-0.4, -0.2) is 29.1 Å². The molecule has 2 aliphatic heterocycles. The highest BCUT2D eigenvalue weighted by Crippen LogP contribution is 2.42. The Morgan fingerprint density at radius 1 is 0.885 bits per heavy atom. The average molecular weight is 343 g/mol. The molecule has 2 heterocycles. The maximum atomic E-state index is 13.3. The minimum atomic E-state index is -0.0867. The third-order valence-electron chi connectivity index (χ3n) is 5.42. The second-order valence-corrected chi connectivity index (χ2v) is 7.07. The number of nitrogens with zero attached hydrogens (tertiary/aromatic N) is 3. The number of hydrazine groups is 1. The zero-order valence-electron chi connectivity index (χ0n) is 14.8. The van der Waals surface area contributed by atoms with Crippen LogP contribution in [0.15, 0.2) is 66.7 Å². The largest absolute Gasteiger partial charge is 0.340 e. The van der Waals surface area contributed by atoms with Crippen molar-refractivity contribution in [3.05, 3.63) is 77.9 Å². The smallest absolute Gasteiger partial charge is 0.270 e. The second-order valence-electron chi connectivity index (χ2n) is 7.07. The fraction of sp³-hybridized carbons (Fsp3) is 0.227. The molecular formula is C22H21N3O. The summed E-state index contributed by atoms with van der Waals surface area (Å²) in [7, 11) is 0. The van der Waals surface area contributed by atoms with Crippen molar-refractivity contribution in [1.29, 1.82) is 0 Å². The van der Waals surface area contributed by atoms with Crippen LogP contribution in [0, 0.1) is 6.92 Å². The third-order valence-corrected chi connectivity index (χ3v) is 5.42. The van der Waals surface area contributed by atoms with Crippen molar-refractivity contribution < 1.29 is 4.79 Å². The first-order chi connectivity index (χ1) is 12.7. The predicted molar refractivity (Wildman–Crippen MR) is 104 cm³/mol. The van der Waals surface area contributed by atoms with Gasteiger partial charge in [-0.1, -0.05) is 66.2 Å². The van der Waals surface area contributed by atoms with Gasteiger partial charge in [0.25, 0.3) is 0 Å². The highest BCUT2D eigenvalue weighted by molar-refractivity contribution is 6.04. The SMILES string of the molecule is Cc1ccc(C2N(c3cccc4ccccc34)C(=O)N3CCCN23)cc1. The molecule has 2 amide bonds. The minimum absolute atomic E-state index is 0.0735. The molecule has 0 aliphatic carbocycles. The van der Waals surface area contributed by atoms with Crippen molar-refractivity contribution in [2.45, 2.75) is 19.5 Å². The van der Waals surface area contributed by atoms with E-state index in [-0.39, 0.29) is 12.2 Å². The molecule has 0 N–H and O–H groups in total. The second kappa shape index (κ2) is 5.85. The Morgan fingerprint density at radius 2 is 1.65 bits per heavy atom. The predicted octanol–water partition coefficient (Wildman–Crippen LogP) is 4.71. The molecule has 2 fully saturated rings. The molecule has 0 aromatic heterocycles. The minimum Gasteiger partial charge on any atom is -0.270 e. The maximum Gasteiger partial charge on any atom is 0.340 e. The molecule has 0 radical (unpaired) electrons. The van der Waals surface area contributed by atoms with Crippen LogP contribution in [0.3, 0.4) is 0 Å². The Kier molecular flexibility index (Phi) is 3.47. The molecule has 3 aromatic rings. The van der Waals surface area contributed by atoms with Crippen molar-refractivity contribution in [1.82, 2.24) is 10.0 Å². The molecule has 0 spiro atoms. The number of carbonyl (C=O) groups excluding carboxylic acids is 1. The summed E-state index contributed by atoms with van der Waals surface area (Å²) >= 11 is 0. The monoisotopic (exact) mass is 343 g/mol. The number of rotatable bonds is 2. The number of carbonyl (C=O) groups is 1. The summed E-state index contributed by atoms with van der Waals surface area (Å²) in [5.74, 6) is 0. The van der Waals surface area contributed by atoms with E-state index in [2.05, 4.69) is 60.5 Å². The van der Waals surface area contributed by atoms with E-state index in [0.717, 1.165) is 41.5 Å². The van der Waals surface area contributed by atoms with Gasteiger partial charge in [-0.15, -0.1) is 0 Å². The van der Waals surface area contributed by atoms with Crippen LogP contribution in [0.25, 0.3) is 10.8 Å². The van der Waals surface area contributed by atoms with Crippen molar-refractivity contribution in [3.63, 3.8) is 0 Å². The molecule has 2 aliphatic rings. The molecular weight excluding hydrogens is 322 g/mol. The lowest BCUT2D eigenvalue weighted by molar-refractivity contribution is 0.0728. The van der Waals surface area contributed by atoms with E-state index >= 15 is 0 Å². The highest BCUT2D eigenvalue weighted by Gasteiger charge is 2.48. The van der Waals surface area contributed by atoms with E-state index < -0.39 is 0 Å². The summed E-state index contributed by atoms with van der Waals surface area (Å²) in [5, 5.41) is 6.39. The molecule has 3 aromatic carbocycles. The highest BCUT2D eigenvalue weighted by atomic mass is 16.2. The van der Waals surface area contributed by atoms with Gasteiger partial charge in [0.1, 0.15) is 6.17 Å². The Morgan fingerprint density at radius 3 is 2.50 bits per heavy atom. The Labute approximate surface area is 153 Å². The summed E-state index contributed by atoms with van der Waals surface area (Å²) in [6, 6.07) is 23.1. The first-order valence-electron chi connectivity index (χ1n) is 9.16. The van der Waals surface area contributed by atoms with E-state index in [1.165, 1.54) is 5.56 Å².